The minimum absolute atomic E-state index is 0.0157. The number of benzene rings is 1. The quantitative estimate of drug-likeness (QED) is 0.726. The molecule has 0 radical (unpaired) electrons. The summed E-state index contributed by atoms with van der Waals surface area (Å²) in [6.07, 6.45) is -1.70. The molecule has 168 valence electrons. The number of rotatable bonds is 3. The lowest BCUT2D eigenvalue weighted by Crippen LogP contribution is -2.46. The van der Waals surface area contributed by atoms with Gasteiger partial charge in [0, 0.05) is 18.7 Å². The van der Waals surface area contributed by atoms with Crippen LogP contribution < -0.4 is 9.80 Å². The molecule has 4 unspecified atom stereocenters. The highest BCUT2D eigenvalue weighted by molar-refractivity contribution is 6.01. The van der Waals surface area contributed by atoms with Crippen LogP contribution in [0.4, 0.5) is 20.7 Å². The number of morpholine rings is 1. The maximum absolute atomic E-state index is 15.9. The van der Waals surface area contributed by atoms with Gasteiger partial charge in [-0.1, -0.05) is 5.16 Å². The molecule has 3 aliphatic rings. The highest BCUT2D eigenvalue weighted by Crippen LogP contribution is 2.42. The zero-order chi connectivity index (χ0) is 21.9. The van der Waals surface area contributed by atoms with Gasteiger partial charge in [-0.3, -0.25) is 4.90 Å². The number of amides is 1. The van der Waals surface area contributed by atoms with Gasteiger partial charge in [-0.2, -0.15) is 0 Å². The third-order valence-corrected chi connectivity index (χ3v) is 6.10. The Bertz CT molecular complexity index is 997. The second kappa shape index (κ2) is 7.61. The van der Waals surface area contributed by atoms with Crippen LogP contribution in [-0.4, -0.2) is 61.9 Å². The molecule has 0 N–H and O–H groups in total. The highest BCUT2D eigenvalue weighted by Gasteiger charge is 2.41. The lowest BCUT2D eigenvalue weighted by atomic mass is 10.0. The average Bonchev–Trinajstić information content (AvgIpc) is 3.42. The third kappa shape index (κ3) is 3.33. The molecule has 3 fully saturated rings. The number of carbonyl (C=O) groups excluding carboxylic acids is 1. The lowest BCUT2D eigenvalue weighted by molar-refractivity contribution is -0.0445. The van der Waals surface area contributed by atoms with E-state index in [4.69, 9.17) is 23.5 Å². The Labute approximate surface area is 178 Å². The van der Waals surface area contributed by atoms with Gasteiger partial charge >= 0.3 is 6.09 Å². The largest absolute Gasteiger partial charge is 0.444 e. The highest BCUT2D eigenvalue weighted by atomic mass is 19.1. The normalized spacial score (nSPS) is 29.9. The van der Waals surface area contributed by atoms with Crippen molar-refractivity contribution < 1.29 is 32.7 Å². The molecule has 1 amide bonds. The van der Waals surface area contributed by atoms with Crippen LogP contribution in [0.15, 0.2) is 10.6 Å². The predicted octanol–water partition coefficient (Wildman–Crippen LogP) is 3.36. The molecule has 10 heteroatoms. The number of hydrogen-bond acceptors (Lipinski definition) is 8. The smallest absolute Gasteiger partial charge is 0.416 e. The van der Waals surface area contributed by atoms with Crippen LogP contribution in [0, 0.1) is 5.82 Å². The summed E-state index contributed by atoms with van der Waals surface area (Å²) in [5.74, 6) is -0.329. The van der Waals surface area contributed by atoms with Gasteiger partial charge in [0.25, 0.3) is 0 Å². The standard InChI is InChI=1S/C21H26FN3O6/c1-10-8-24(9-11(2)29-10)17-14(20-27-5-6-28-20)7-15-18(16(17)22)31-23-19(15)25-12(3)13(4)30-21(25)26/h7,10-13,20H,5-6,8-9H2,1-4H3. The zero-order valence-corrected chi connectivity index (χ0v) is 18.0. The van der Waals surface area contributed by atoms with Crippen molar-refractivity contribution >= 4 is 28.6 Å². The summed E-state index contributed by atoms with van der Waals surface area (Å²) in [6.45, 7) is 9.43. The van der Waals surface area contributed by atoms with Crippen LogP contribution >= 0.6 is 0 Å². The first-order chi connectivity index (χ1) is 14.8. The van der Waals surface area contributed by atoms with Crippen LogP contribution in [0.5, 0.6) is 0 Å². The Morgan fingerprint density at radius 3 is 2.39 bits per heavy atom. The van der Waals surface area contributed by atoms with E-state index in [1.54, 1.807) is 13.0 Å². The summed E-state index contributed by atoms with van der Waals surface area (Å²) >= 11 is 0. The van der Waals surface area contributed by atoms with Gasteiger partial charge in [-0.05, 0) is 33.8 Å². The van der Waals surface area contributed by atoms with Gasteiger partial charge in [0.15, 0.2) is 17.9 Å². The van der Waals surface area contributed by atoms with Crippen molar-refractivity contribution in [3.8, 4) is 0 Å². The molecule has 31 heavy (non-hydrogen) atoms. The van der Waals surface area contributed by atoms with E-state index in [-0.39, 0.29) is 35.8 Å². The number of hydrogen-bond donors (Lipinski definition) is 0. The number of cyclic esters (lactones) is 1. The summed E-state index contributed by atoms with van der Waals surface area (Å²) in [6, 6.07) is 1.48. The molecule has 0 bridgehead atoms. The molecular weight excluding hydrogens is 409 g/mol. The van der Waals surface area contributed by atoms with E-state index in [1.165, 1.54) is 4.90 Å². The van der Waals surface area contributed by atoms with Crippen LogP contribution in [0.25, 0.3) is 11.0 Å². The van der Waals surface area contributed by atoms with Crippen LogP contribution in [0.3, 0.4) is 0 Å². The van der Waals surface area contributed by atoms with E-state index in [2.05, 4.69) is 5.16 Å². The van der Waals surface area contributed by atoms with Crippen LogP contribution in [0.2, 0.25) is 0 Å². The molecule has 5 rings (SSSR count). The molecule has 1 aromatic heterocycles. The molecule has 0 spiro atoms. The number of halogens is 1. The Kier molecular flexibility index (Phi) is 5.03. The van der Waals surface area contributed by atoms with E-state index < -0.39 is 18.2 Å². The fraction of sp³-hybridized carbons (Fsp3) is 0.619. The Morgan fingerprint density at radius 2 is 1.77 bits per heavy atom. The van der Waals surface area contributed by atoms with Gasteiger partial charge in [0.05, 0.1) is 42.5 Å². The predicted molar refractivity (Wildman–Crippen MR) is 109 cm³/mol. The monoisotopic (exact) mass is 435 g/mol. The zero-order valence-electron chi connectivity index (χ0n) is 18.0. The maximum atomic E-state index is 15.9. The van der Waals surface area contributed by atoms with Crippen molar-refractivity contribution in [2.24, 2.45) is 0 Å². The molecule has 4 atom stereocenters. The minimum Gasteiger partial charge on any atom is -0.444 e. The second-order valence-corrected chi connectivity index (χ2v) is 8.45. The van der Waals surface area contributed by atoms with Crippen molar-refractivity contribution in [3.63, 3.8) is 0 Å². The van der Waals surface area contributed by atoms with Gasteiger partial charge in [-0.25, -0.2) is 9.18 Å². The molecule has 1 aromatic carbocycles. The first-order valence-corrected chi connectivity index (χ1v) is 10.6. The number of anilines is 2. The fourth-order valence-electron chi connectivity index (χ4n) is 4.58. The Balaban J connectivity index is 1.66. The SMILES string of the molecule is CC1CN(c2c(C3OCCO3)cc3c(N4C(=O)OC(C)C4C)noc3c2F)CC(C)O1. The number of nitrogens with zero attached hydrogens (tertiary/aromatic N) is 3. The summed E-state index contributed by atoms with van der Waals surface area (Å²) in [7, 11) is 0. The summed E-state index contributed by atoms with van der Waals surface area (Å²) in [5, 5.41) is 4.42. The van der Waals surface area contributed by atoms with E-state index in [0.717, 1.165) is 0 Å². The summed E-state index contributed by atoms with van der Waals surface area (Å²) in [5.41, 5.74) is 0.883. The molecule has 9 nitrogen and oxygen atoms in total. The maximum Gasteiger partial charge on any atom is 0.416 e. The average molecular weight is 435 g/mol. The van der Waals surface area contributed by atoms with Gasteiger partial charge in [-0.15, -0.1) is 0 Å². The Hall–Kier alpha value is -2.43. The number of aromatic nitrogens is 1. The number of carbonyl (C=O) groups is 1. The van der Waals surface area contributed by atoms with Gasteiger partial charge in [0.1, 0.15) is 6.10 Å². The van der Waals surface area contributed by atoms with Crippen LogP contribution in [0.1, 0.15) is 39.5 Å². The van der Waals surface area contributed by atoms with Gasteiger partial charge < -0.3 is 28.4 Å². The summed E-state index contributed by atoms with van der Waals surface area (Å²) in [4.78, 5) is 15.7. The summed E-state index contributed by atoms with van der Waals surface area (Å²) < 4.78 is 43.9. The van der Waals surface area contributed by atoms with Crippen LogP contribution in [-0.2, 0) is 18.9 Å². The molecule has 3 saturated heterocycles. The first-order valence-electron chi connectivity index (χ1n) is 10.6. The van der Waals surface area contributed by atoms with E-state index in [1.807, 2.05) is 25.7 Å². The van der Waals surface area contributed by atoms with Crippen molar-refractivity contribution in [1.29, 1.82) is 0 Å². The Morgan fingerprint density at radius 1 is 1.10 bits per heavy atom. The van der Waals surface area contributed by atoms with E-state index in [0.29, 0.717) is 42.9 Å². The topological polar surface area (TPSA) is 86.5 Å². The fourth-order valence-corrected chi connectivity index (χ4v) is 4.58. The molecule has 4 heterocycles. The number of ether oxygens (including phenoxy) is 4. The van der Waals surface area contributed by atoms with E-state index in [9.17, 15) is 4.79 Å². The van der Waals surface area contributed by atoms with Crippen molar-refractivity contribution in [2.45, 2.75) is 58.3 Å². The molecule has 0 aliphatic carbocycles. The minimum atomic E-state index is -0.716. The third-order valence-electron chi connectivity index (χ3n) is 6.10. The van der Waals surface area contributed by atoms with Crippen molar-refractivity contribution in [3.05, 3.63) is 17.4 Å². The lowest BCUT2D eigenvalue weighted by Gasteiger charge is -2.38. The molecule has 2 aromatic rings. The number of fused-ring (bicyclic) bond motifs is 1. The van der Waals surface area contributed by atoms with E-state index >= 15 is 4.39 Å². The molecular formula is C21H26FN3O6. The van der Waals surface area contributed by atoms with Crippen molar-refractivity contribution in [2.75, 3.05) is 36.1 Å². The van der Waals surface area contributed by atoms with Gasteiger partial charge in [0.2, 0.25) is 5.58 Å². The first kappa shape index (κ1) is 20.5. The second-order valence-electron chi connectivity index (χ2n) is 8.45. The molecule has 3 aliphatic heterocycles. The van der Waals surface area contributed by atoms with Crippen molar-refractivity contribution in [1.82, 2.24) is 5.16 Å². The molecule has 0 saturated carbocycles.